The van der Waals surface area contributed by atoms with Gasteiger partial charge in [-0.1, -0.05) is 35.4 Å². The number of carbonyl (C=O) groups is 1. The molecule has 0 bridgehead atoms. The van der Waals surface area contributed by atoms with E-state index in [1.54, 1.807) is 6.08 Å². The maximum absolute atomic E-state index is 11.4. The van der Waals surface area contributed by atoms with Crippen molar-refractivity contribution in [2.24, 2.45) is 0 Å². The third kappa shape index (κ3) is 2.74. The Hall–Kier alpha value is -2.50. The van der Waals surface area contributed by atoms with Gasteiger partial charge in [-0.25, -0.2) is 0 Å². The summed E-state index contributed by atoms with van der Waals surface area (Å²) in [6, 6.07) is 9.51. The van der Waals surface area contributed by atoms with E-state index in [4.69, 9.17) is 0 Å². The van der Waals surface area contributed by atoms with Crippen molar-refractivity contribution in [2.75, 3.05) is 5.32 Å². The van der Waals surface area contributed by atoms with Crippen LogP contribution in [0.3, 0.4) is 0 Å². The van der Waals surface area contributed by atoms with Crippen molar-refractivity contribution in [3.05, 3.63) is 42.0 Å². The minimum absolute atomic E-state index is 0.155. The highest BCUT2D eigenvalue weighted by atomic mass is 16.1. The zero-order chi connectivity index (χ0) is 11.2. The highest BCUT2D eigenvalue weighted by molar-refractivity contribution is 6.00. The second-order valence-corrected chi connectivity index (χ2v) is 2.97. The predicted octanol–water partition coefficient (Wildman–Crippen LogP) is 0.852. The molecular formula is C10H9N5O. The van der Waals surface area contributed by atoms with Crippen LogP contribution in [-0.2, 0) is 4.79 Å². The molecule has 1 heterocycles. The van der Waals surface area contributed by atoms with Crippen LogP contribution in [0.4, 0.5) is 5.95 Å². The predicted molar refractivity (Wildman–Crippen MR) is 58.3 cm³/mol. The molecule has 1 amide bonds. The van der Waals surface area contributed by atoms with Crippen molar-refractivity contribution in [2.45, 2.75) is 0 Å². The van der Waals surface area contributed by atoms with Crippen LogP contribution in [0, 0.1) is 0 Å². The number of carbonyl (C=O) groups excluding carboxylic acids is 1. The first-order valence-electron chi connectivity index (χ1n) is 4.62. The Bertz CT molecular complexity index is 477. The zero-order valence-electron chi connectivity index (χ0n) is 8.29. The highest BCUT2D eigenvalue weighted by Crippen LogP contribution is 2.01. The molecule has 16 heavy (non-hydrogen) atoms. The van der Waals surface area contributed by atoms with E-state index < -0.39 is 0 Å². The molecule has 1 aromatic heterocycles. The summed E-state index contributed by atoms with van der Waals surface area (Å²) in [4.78, 5) is 11.4. The maximum atomic E-state index is 11.4. The zero-order valence-corrected chi connectivity index (χ0v) is 8.29. The lowest BCUT2D eigenvalue weighted by atomic mass is 10.2. The smallest absolute Gasteiger partial charge is 0.270 e. The number of anilines is 1. The summed E-state index contributed by atoms with van der Waals surface area (Å²) in [6.07, 6.45) is 3.11. The summed E-state index contributed by atoms with van der Waals surface area (Å²) in [5.74, 6) is -0.145. The standard InChI is InChI=1S/C10H9N5O/c16-9(11-10-12-14-15-13-10)7-6-8-4-2-1-3-5-8/h1-7H,(H2,11,12,13,14,15,16)/b7-6+. The van der Waals surface area contributed by atoms with Crippen molar-refractivity contribution in [3.63, 3.8) is 0 Å². The summed E-state index contributed by atoms with van der Waals surface area (Å²) in [5.41, 5.74) is 0.950. The molecule has 0 aliphatic heterocycles. The van der Waals surface area contributed by atoms with E-state index >= 15 is 0 Å². The summed E-state index contributed by atoms with van der Waals surface area (Å²) < 4.78 is 0. The van der Waals surface area contributed by atoms with E-state index in [1.165, 1.54) is 6.08 Å². The quantitative estimate of drug-likeness (QED) is 0.743. The second-order valence-electron chi connectivity index (χ2n) is 2.97. The molecule has 0 radical (unpaired) electrons. The van der Waals surface area contributed by atoms with Crippen LogP contribution in [0.25, 0.3) is 6.08 Å². The fraction of sp³-hybridized carbons (Fsp3) is 0. The van der Waals surface area contributed by atoms with Gasteiger partial charge in [-0.2, -0.15) is 5.21 Å². The van der Waals surface area contributed by atoms with Crippen LogP contribution in [0.15, 0.2) is 36.4 Å². The van der Waals surface area contributed by atoms with Gasteiger partial charge in [-0.3, -0.25) is 10.1 Å². The van der Waals surface area contributed by atoms with E-state index in [0.717, 1.165) is 5.56 Å². The van der Waals surface area contributed by atoms with E-state index in [9.17, 15) is 4.79 Å². The molecule has 0 saturated heterocycles. The fourth-order valence-electron chi connectivity index (χ4n) is 1.10. The van der Waals surface area contributed by atoms with Gasteiger partial charge in [0.2, 0.25) is 0 Å². The summed E-state index contributed by atoms with van der Waals surface area (Å²) in [5, 5.41) is 15.2. The molecule has 1 aromatic carbocycles. The molecule has 0 spiro atoms. The molecule has 2 rings (SSSR count). The van der Waals surface area contributed by atoms with Crippen LogP contribution >= 0.6 is 0 Å². The number of amides is 1. The number of nitrogens with zero attached hydrogens (tertiary/aromatic N) is 3. The van der Waals surface area contributed by atoms with E-state index in [1.807, 2.05) is 30.3 Å². The number of aromatic amines is 1. The number of hydrogen-bond donors (Lipinski definition) is 2. The molecule has 0 fully saturated rings. The van der Waals surface area contributed by atoms with Gasteiger partial charge in [0.25, 0.3) is 11.9 Å². The average molecular weight is 215 g/mol. The van der Waals surface area contributed by atoms with Crippen molar-refractivity contribution >= 4 is 17.9 Å². The number of benzene rings is 1. The first kappa shape index (κ1) is 10.0. The van der Waals surface area contributed by atoms with Gasteiger partial charge in [0, 0.05) is 6.08 Å². The van der Waals surface area contributed by atoms with Gasteiger partial charge in [0.05, 0.1) is 0 Å². The summed E-state index contributed by atoms with van der Waals surface area (Å²) >= 11 is 0. The lowest BCUT2D eigenvalue weighted by Crippen LogP contribution is -2.09. The molecule has 0 atom stereocenters. The van der Waals surface area contributed by atoms with Gasteiger partial charge in [-0.05, 0) is 16.9 Å². The normalized spacial score (nSPS) is 10.5. The first-order chi connectivity index (χ1) is 7.84. The Kier molecular flexibility index (Phi) is 3.03. The Morgan fingerprint density at radius 2 is 2.12 bits per heavy atom. The van der Waals surface area contributed by atoms with Crippen molar-refractivity contribution < 1.29 is 4.79 Å². The summed E-state index contributed by atoms with van der Waals surface area (Å²) in [6.45, 7) is 0. The van der Waals surface area contributed by atoms with Crippen molar-refractivity contribution in [1.82, 2.24) is 20.6 Å². The second kappa shape index (κ2) is 4.83. The molecule has 2 aromatic rings. The lowest BCUT2D eigenvalue weighted by molar-refractivity contribution is -0.111. The molecule has 80 valence electrons. The van der Waals surface area contributed by atoms with Gasteiger partial charge >= 0.3 is 0 Å². The topological polar surface area (TPSA) is 83.6 Å². The lowest BCUT2D eigenvalue weighted by Gasteiger charge is -1.93. The van der Waals surface area contributed by atoms with Gasteiger partial charge in [0.15, 0.2) is 0 Å². The molecule has 0 unspecified atom stereocenters. The van der Waals surface area contributed by atoms with Crippen molar-refractivity contribution in [3.8, 4) is 0 Å². The largest absolute Gasteiger partial charge is 0.288 e. The number of nitrogens with one attached hydrogen (secondary N) is 2. The third-order valence-electron chi connectivity index (χ3n) is 1.81. The monoisotopic (exact) mass is 215 g/mol. The molecule has 2 N–H and O–H groups in total. The molecule has 6 nitrogen and oxygen atoms in total. The molecular weight excluding hydrogens is 206 g/mol. The minimum atomic E-state index is -0.301. The third-order valence-corrected chi connectivity index (χ3v) is 1.81. The van der Waals surface area contributed by atoms with Crippen LogP contribution < -0.4 is 5.32 Å². The highest BCUT2D eigenvalue weighted by Gasteiger charge is 2.00. The molecule has 6 heteroatoms. The number of tetrazole rings is 1. The SMILES string of the molecule is O=C(/C=C/c1ccccc1)Nc1nn[nH]n1. The summed E-state index contributed by atoms with van der Waals surface area (Å²) in [7, 11) is 0. The van der Waals surface area contributed by atoms with Gasteiger partial charge in [-0.15, -0.1) is 5.10 Å². The Morgan fingerprint density at radius 1 is 1.31 bits per heavy atom. The number of hydrogen-bond acceptors (Lipinski definition) is 4. The molecule has 0 aliphatic rings. The average Bonchev–Trinajstić information content (AvgIpc) is 2.81. The van der Waals surface area contributed by atoms with Crippen LogP contribution in [0.1, 0.15) is 5.56 Å². The van der Waals surface area contributed by atoms with E-state index in [0.29, 0.717) is 0 Å². The Morgan fingerprint density at radius 3 is 2.81 bits per heavy atom. The van der Waals surface area contributed by atoms with E-state index in [2.05, 4.69) is 25.9 Å². The molecule has 0 aliphatic carbocycles. The molecule has 0 saturated carbocycles. The number of H-pyrrole nitrogens is 1. The minimum Gasteiger partial charge on any atom is -0.288 e. The van der Waals surface area contributed by atoms with Crippen molar-refractivity contribution in [1.29, 1.82) is 0 Å². The van der Waals surface area contributed by atoms with Crippen LogP contribution in [0.5, 0.6) is 0 Å². The number of rotatable bonds is 3. The first-order valence-corrected chi connectivity index (χ1v) is 4.62. The van der Waals surface area contributed by atoms with Gasteiger partial charge in [0.1, 0.15) is 0 Å². The Labute approximate surface area is 91.4 Å². The van der Waals surface area contributed by atoms with Gasteiger partial charge < -0.3 is 0 Å². The fourth-order valence-corrected chi connectivity index (χ4v) is 1.10. The Balaban J connectivity index is 1.95. The number of aromatic nitrogens is 4. The van der Waals surface area contributed by atoms with Crippen LogP contribution in [0.2, 0.25) is 0 Å². The van der Waals surface area contributed by atoms with Crippen LogP contribution in [-0.4, -0.2) is 26.5 Å². The van der Waals surface area contributed by atoms with E-state index in [-0.39, 0.29) is 11.9 Å². The maximum Gasteiger partial charge on any atom is 0.270 e.